The second kappa shape index (κ2) is 5.33. The second-order valence-electron chi connectivity index (χ2n) is 4.19. The summed E-state index contributed by atoms with van der Waals surface area (Å²) in [5, 5.41) is 2.20. The van der Waals surface area contributed by atoms with Crippen LogP contribution in [0, 0.1) is 6.92 Å². The Morgan fingerprint density at radius 2 is 1.82 bits per heavy atom. The van der Waals surface area contributed by atoms with Crippen molar-refractivity contribution < 1.29 is 4.79 Å². The molecule has 0 N–H and O–H groups in total. The smallest absolute Gasteiger partial charge is 0.163 e. The number of benzene rings is 2. The molecule has 2 aromatic carbocycles. The number of ketones is 1. The van der Waals surface area contributed by atoms with Gasteiger partial charge in [0.05, 0.1) is 0 Å². The molecule has 0 saturated heterocycles. The zero-order chi connectivity index (χ0) is 12.3. The summed E-state index contributed by atoms with van der Waals surface area (Å²) in [7, 11) is 0. The molecule has 0 spiro atoms. The molecular weight excluding hydrogens is 232 g/mol. The van der Waals surface area contributed by atoms with Crippen molar-refractivity contribution in [3.05, 3.63) is 47.5 Å². The number of hydrogen-bond acceptors (Lipinski definition) is 1. The first-order chi connectivity index (χ1) is 8.24. The minimum absolute atomic E-state index is 0.182. The van der Waals surface area contributed by atoms with E-state index in [9.17, 15) is 4.79 Å². The number of fused-ring (bicyclic) bond motifs is 1. The van der Waals surface area contributed by atoms with Crippen LogP contribution in [0.3, 0.4) is 0 Å². The van der Waals surface area contributed by atoms with Crippen molar-refractivity contribution in [3.63, 3.8) is 0 Å². The van der Waals surface area contributed by atoms with Gasteiger partial charge in [-0.1, -0.05) is 36.4 Å². The van der Waals surface area contributed by atoms with Crippen LogP contribution in [0.4, 0.5) is 0 Å². The second-order valence-corrected chi connectivity index (χ2v) is 4.57. The number of halogens is 1. The predicted molar refractivity (Wildman–Crippen MR) is 73.0 cm³/mol. The highest BCUT2D eigenvalue weighted by Gasteiger charge is 2.10. The Labute approximate surface area is 106 Å². The lowest BCUT2D eigenvalue weighted by Gasteiger charge is -2.07. The van der Waals surface area contributed by atoms with E-state index in [-0.39, 0.29) is 5.78 Å². The van der Waals surface area contributed by atoms with E-state index in [1.165, 1.54) is 5.56 Å². The topological polar surface area (TPSA) is 17.1 Å². The van der Waals surface area contributed by atoms with Crippen molar-refractivity contribution >= 4 is 28.2 Å². The van der Waals surface area contributed by atoms with Gasteiger partial charge in [-0.05, 0) is 29.7 Å². The van der Waals surface area contributed by atoms with Crippen molar-refractivity contribution in [2.75, 3.05) is 5.88 Å². The van der Waals surface area contributed by atoms with Crippen LogP contribution in [0.1, 0.15) is 28.8 Å². The summed E-state index contributed by atoms with van der Waals surface area (Å²) in [5.41, 5.74) is 2.02. The normalized spacial score (nSPS) is 10.7. The summed E-state index contributed by atoms with van der Waals surface area (Å²) in [6.07, 6.45) is 1.26. The van der Waals surface area contributed by atoms with Gasteiger partial charge in [-0.25, -0.2) is 0 Å². The molecular formula is C15H15ClO. The molecule has 0 heterocycles. The van der Waals surface area contributed by atoms with E-state index in [1.54, 1.807) is 0 Å². The van der Waals surface area contributed by atoms with Gasteiger partial charge in [-0.2, -0.15) is 0 Å². The maximum atomic E-state index is 12.1. The minimum atomic E-state index is 0.182. The van der Waals surface area contributed by atoms with E-state index in [2.05, 4.69) is 13.0 Å². The average molecular weight is 247 g/mol. The summed E-state index contributed by atoms with van der Waals surface area (Å²) in [6.45, 7) is 2.06. The number of carbonyl (C=O) groups excluding carboxylic acids is 1. The number of alkyl halides is 1. The molecule has 0 radical (unpaired) electrons. The van der Waals surface area contributed by atoms with Crippen LogP contribution in [-0.2, 0) is 0 Å². The number of hydrogen-bond donors (Lipinski definition) is 0. The third-order valence-corrected chi connectivity index (χ3v) is 3.25. The van der Waals surface area contributed by atoms with E-state index in [0.29, 0.717) is 12.3 Å². The van der Waals surface area contributed by atoms with Gasteiger partial charge in [0.2, 0.25) is 0 Å². The quantitative estimate of drug-likeness (QED) is 0.579. The van der Waals surface area contributed by atoms with Gasteiger partial charge >= 0.3 is 0 Å². The Morgan fingerprint density at radius 3 is 2.53 bits per heavy atom. The average Bonchev–Trinajstić information content (AvgIpc) is 2.37. The summed E-state index contributed by atoms with van der Waals surface area (Å²) in [6, 6.07) is 12.0. The number of aryl methyl sites for hydroxylation is 1. The fourth-order valence-electron chi connectivity index (χ4n) is 2.05. The number of carbonyl (C=O) groups is 1. The summed E-state index contributed by atoms with van der Waals surface area (Å²) < 4.78 is 0. The molecule has 88 valence electrons. The molecule has 0 amide bonds. The summed E-state index contributed by atoms with van der Waals surface area (Å²) in [5.74, 6) is 0.720. The molecule has 0 bridgehead atoms. The first kappa shape index (κ1) is 12.1. The zero-order valence-electron chi connectivity index (χ0n) is 9.87. The number of rotatable bonds is 4. The van der Waals surface area contributed by atoms with Crippen molar-refractivity contribution in [2.24, 2.45) is 0 Å². The van der Waals surface area contributed by atoms with Crippen LogP contribution < -0.4 is 0 Å². The highest BCUT2D eigenvalue weighted by atomic mass is 35.5. The lowest BCUT2D eigenvalue weighted by atomic mass is 9.96. The standard InChI is InChI=1S/C15H15ClO/c1-11-8-9-14(15(17)7-4-10-16)13-6-3-2-5-12(11)13/h2-3,5-6,8-9H,4,7,10H2,1H3. The third-order valence-electron chi connectivity index (χ3n) is 2.98. The van der Waals surface area contributed by atoms with Gasteiger partial charge in [0.25, 0.3) is 0 Å². The molecule has 0 unspecified atom stereocenters. The third kappa shape index (κ3) is 2.50. The van der Waals surface area contributed by atoms with Crippen molar-refractivity contribution in [1.29, 1.82) is 0 Å². The molecule has 17 heavy (non-hydrogen) atoms. The minimum Gasteiger partial charge on any atom is -0.294 e. The molecule has 2 heteroatoms. The molecule has 0 fully saturated rings. The van der Waals surface area contributed by atoms with Crippen molar-refractivity contribution in [1.82, 2.24) is 0 Å². The van der Waals surface area contributed by atoms with Gasteiger partial charge in [-0.15, -0.1) is 11.6 Å². The van der Waals surface area contributed by atoms with E-state index >= 15 is 0 Å². The molecule has 0 aliphatic carbocycles. The maximum Gasteiger partial charge on any atom is 0.163 e. The van der Waals surface area contributed by atoms with Gasteiger partial charge in [0.15, 0.2) is 5.78 Å². The van der Waals surface area contributed by atoms with Crippen LogP contribution in [0.15, 0.2) is 36.4 Å². The monoisotopic (exact) mass is 246 g/mol. The van der Waals surface area contributed by atoms with Crippen LogP contribution in [0.25, 0.3) is 10.8 Å². The number of Topliss-reactive ketones (excluding diaryl/α,β-unsaturated/α-hetero) is 1. The van der Waals surface area contributed by atoms with Gasteiger partial charge in [-0.3, -0.25) is 4.79 Å². The summed E-state index contributed by atoms with van der Waals surface area (Å²) in [4.78, 5) is 12.1. The van der Waals surface area contributed by atoms with Gasteiger partial charge < -0.3 is 0 Å². The van der Waals surface area contributed by atoms with Crippen molar-refractivity contribution in [2.45, 2.75) is 19.8 Å². The van der Waals surface area contributed by atoms with E-state index in [1.807, 2.05) is 30.3 Å². The van der Waals surface area contributed by atoms with E-state index in [4.69, 9.17) is 11.6 Å². The molecule has 2 aromatic rings. The molecule has 0 saturated carbocycles. The zero-order valence-corrected chi connectivity index (χ0v) is 10.6. The first-order valence-electron chi connectivity index (χ1n) is 5.81. The maximum absolute atomic E-state index is 12.1. The Hall–Kier alpha value is -1.34. The summed E-state index contributed by atoms with van der Waals surface area (Å²) >= 11 is 5.62. The van der Waals surface area contributed by atoms with Gasteiger partial charge in [0.1, 0.15) is 0 Å². The molecule has 0 aliphatic rings. The Bertz CT molecular complexity index is 546. The highest BCUT2D eigenvalue weighted by molar-refractivity contribution is 6.18. The molecule has 0 atom stereocenters. The fraction of sp³-hybridized carbons (Fsp3) is 0.267. The van der Waals surface area contributed by atoms with E-state index < -0.39 is 0 Å². The Morgan fingerprint density at radius 1 is 1.12 bits per heavy atom. The largest absolute Gasteiger partial charge is 0.294 e. The van der Waals surface area contributed by atoms with Crippen LogP contribution >= 0.6 is 11.6 Å². The Kier molecular flexibility index (Phi) is 3.80. The Balaban J connectivity index is 2.48. The predicted octanol–water partition coefficient (Wildman–Crippen LogP) is 4.35. The molecule has 2 rings (SSSR count). The van der Waals surface area contributed by atoms with Crippen LogP contribution in [0.5, 0.6) is 0 Å². The van der Waals surface area contributed by atoms with Gasteiger partial charge in [0, 0.05) is 17.9 Å². The van der Waals surface area contributed by atoms with Crippen molar-refractivity contribution in [3.8, 4) is 0 Å². The molecule has 0 aromatic heterocycles. The fourth-order valence-corrected chi connectivity index (χ4v) is 2.19. The first-order valence-corrected chi connectivity index (χ1v) is 6.35. The van der Waals surface area contributed by atoms with Crippen LogP contribution in [-0.4, -0.2) is 11.7 Å². The lowest BCUT2D eigenvalue weighted by Crippen LogP contribution is -2.01. The van der Waals surface area contributed by atoms with E-state index in [0.717, 1.165) is 22.8 Å². The van der Waals surface area contributed by atoms with Crippen LogP contribution in [0.2, 0.25) is 0 Å². The highest BCUT2D eigenvalue weighted by Crippen LogP contribution is 2.23. The SMILES string of the molecule is Cc1ccc(C(=O)CCCCl)c2ccccc12. The molecule has 1 nitrogen and oxygen atoms in total. The lowest BCUT2D eigenvalue weighted by molar-refractivity contribution is 0.0983. The molecule has 0 aliphatic heterocycles.